The Morgan fingerprint density at radius 2 is 1.67 bits per heavy atom. The molecule has 4 aliphatic rings. The van der Waals surface area contributed by atoms with E-state index in [0.29, 0.717) is 5.41 Å². The second-order valence-corrected chi connectivity index (χ2v) is 8.34. The van der Waals surface area contributed by atoms with Gasteiger partial charge in [0.1, 0.15) is 5.76 Å². The number of rotatable bonds is 4. The number of hydrogen-bond acceptors (Lipinski definition) is 3. The van der Waals surface area contributed by atoms with Crippen LogP contribution in [0.4, 0.5) is 0 Å². The van der Waals surface area contributed by atoms with Crippen molar-refractivity contribution in [2.24, 2.45) is 23.2 Å². The van der Waals surface area contributed by atoms with E-state index in [4.69, 9.17) is 4.42 Å². The van der Waals surface area contributed by atoms with Gasteiger partial charge in [-0.1, -0.05) is 0 Å². The second kappa shape index (κ2) is 4.84. The molecule has 0 N–H and O–H groups in total. The zero-order valence-corrected chi connectivity index (χ0v) is 13.7. The predicted octanol–water partition coefficient (Wildman–Crippen LogP) is 3.94. The fourth-order valence-corrected chi connectivity index (χ4v) is 5.95. The van der Waals surface area contributed by atoms with Gasteiger partial charge in [0, 0.05) is 6.54 Å². The Balaban J connectivity index is 1.43. The molecule has 116 valence electrons. The first kappa shape index (κ1) is 13.8. The summed E-state index contributed by atoms with van der Waals surface area (Å²) in [7, 11) is 2.24. The first-order valence-corrected chi connectivity index (χ1v) is 8.63. The highest BCUT2D eigenvalue weighted by Gasteiger charge is 2.50. The van der Waals surface area contributed by atoms with Crippen molar-refractivity contribution in [3.8, 4) is 0 Å². The molecule has 1 aromatic heterocycles. The van der Waals surface area contributed by atoms with Gasteiger partial charge in [-0.05, 0) is 82.6 Å². The maximum Gasteiger partial charge on any atom is 0.208 e. The van der Waals surface area contributed by atoms with Gasteiger partial charge in [-0.25, -0.2) is 4.98 Å². The fourth-order valence-electron chi connectivity index (χ4n) is 5.95. The van der Waals surface area contributed by atoms with E-state index < -0.39 is 0 Å². The minimum Gasteiger partial charge on any atom is -0.444 e. The van der Waals surface area contributed by atoms with Crippen molar-refractivity contribution in [2.75, 3.05) is 13.6 Å². The molecule has 0 saturated heterocycles. The van der Waals surface area contributed by atoms with E-state index in [-0.39, 0.29) is 0 Å². The lowest BCUT2D eigenvalue weighted by molar-refractivity contribution is -0.0676. The highest BCUT2D eigenvalue weighted by Crippen LogP contribution is 2.60. The number of aromatic nitrogens is 1. The SMILES string of the molecule is Cc1nc(CN(C)CC23CC4CC(CC(C4)C2)C3)oc1C. The maximum atomic E-state index is 5.75. The molecular weight excluding hydrogens is 260 g/mol. The Morgan fingerprint density at radius 1 is 1.10 bits per heavy atom. The molecule has 0 unspecified atom stereocenters. The summed E-state index contributed by atoms with van der Waals surface area (Å²) in [6.45, 7) is 6.12. The first-order valence-electron chi connectivity index (χ1n) is 8.63. The van der Waals surface area contributed by atoms with E-state index in [1.54, 1.807) is 0 Å². The van der Waals surface area contributed by atoms with Crippen LogP contribution in [0.3, 0.4) is 0 Å². The fraction of sp³-hybridized carbons (Fsp3) is 0.833. The highest BCUT2D eigenvalue weighted by atomic mass is 16.4. The van der Waals surface area contributed by atoms with Gasteiger partial charge in [-0.2, -0.15) is 0 Å². The van der Waals surface area contributed by atoms with Crippen LogP contribution in [-0.2, 0) is 6.54 Å². The van der Waals surface area contributed by atoms with Crippen LogP contribution in [0.15, 0.2) is 4.42 Å². The van der Waals surface area contributed by atoms with Gasteiger partial charge in [0.15, 0.2) is 0 Å². The molecule has 4 fully saturated rings. The summed E-state index contributed by atoms with van der Waals surface area (Å²) in [6, 6.07) is 0. The minimum atomic E-state index is 0.611. The number of hydrogen-bond donors (Lipinski definition) is 0. The van der Waals surface area contributed by atoms with E-state index in [1.807, 2.05) is 13.8 Å². The predicted molar refractivity (Wildman–Crippen MR) is 82.9 cm³/mol. The third-order valence-corrected chi connectivity index (χ3v) is 6.25. The minimum absolute atomic E-state index is 0.611. The number of nitrogens with zero attached hydrogens (tertiary/aromatic N) is 2. The second-order valence-electron chi connectivity index (χ2n) is 8.34. The summed E-state index contributed by atoms with van der Waals surface area (Å²) >= 11 is 0. The van der Waals surface area contributed by atoms with Gasteiger partial charge in [0.05, 0.1) is 12.2 Å². The first-order chi connectivity index (χ1) is 10.0. The Morgan fingerprint density at radius 3 is 2.14 bits per heavy atom. The molecule has 0 amide bonds. The van der Waals surface area contributed by atoms with Crippen LogP contribution in [0.2, 0.25) is 0 Å². The van der Waals surface area contributed by atoms with Crippen LogP contribution in [0.25, 0.3) is 0 Å². The molecule has 1 heterocycles. The molecule has 0 aliphatic heterocycles. The molecule has 3 nitrogen and oxygen atoms in total. The summed E-state index contributed by atoms with van der Waals surface area (Å²) < 4.78 is 5.75. The Kier molecular flexibility index (Phi) is 3.18. The van der Waals surface area contributed by atoms with E-state index in [1.165, 1.54) is 45.1 Å². The average molecular weight is 288 g/mol. The summed E-state index contributed by atoms with van der Waals surface area (Å²) in [6.07, 6.45) is 9.02. The Bertz CT molecular complexity index is 479. The van der Waals surface area contributed by atoms with E-state index >= 15 is 0 Å². The monoisotopic (exact) mass is 288 g/mol. The van der Waals surface area contributed by atoms with Crippen molar-refractivity contribution in [1.82, 2.24) is 9.88 Å². The third kappa shape index (κ3) is 2.54. The van der Waals surface area contributed by atoms with Crippen LogP contribution in [0.5, 0.6) is 0 Å². The molecule has 1 aromatic rings. The topological polar surface area (TPSA) is 29.3 Å². The van der Waals surface area contributed by atoms with Crippen LogP contribution in [0, 0.1) is 37.0 Å². The Labute approximate surface area is 128 Å². The van der Waals surface area contributed by atoms with Crippen molar-refractivity contribution in [3.05, 3.63) is 17.3 Å². The number of oxazole rings is 1. The molecule has 4 saturated carbocycles. The van der Waals surface area contributed by atoms with Crippen LogP contribution >= 0.6 is 0 Å². The van der Waals surface area contributed by atoms with Crippen LogP contribution < -0.4 is 0 Å². The van der Waals surface area contributed by atoms with Gasteiger partial charge < -0.3 is 4.42 Å². The van der Waals surface area contributed by atoms with Gasteiger partial charge in [0.2, 0.25) is 5.89 Å². The molecule has 0 radical (unpaired) electrons. The van der Waals surface area contributed by atoms with E-state index in [0.717, 1.165) is 41.6 Å². The molecule has 0 atom stereocenters. The van der Waals surface area contributed by atoms with E-state index in [2.05, 4.69) is 16.9 Å². The molecule has 4 aliphatic carbocycles. The Hall–Kier alpha value is -0.830. The number of aryl methyl sites for hydroxylation is 2. The van der Waals surface area contributed by atoms with Crippen molar-refractivity contribution in [3.63, 3.8) is 0 Å². The summed E-state index contributed by atoms with van der Waals surface area (Å²) in [4.78, 5) is 6.99. The zero-order valence-electron chi connectivity index (χ0n) is 13.7. The molecule has 0 aromatic carbocycles. The maximum absolute atomic E-state index is 5.75. The smallest absolute Gasteiger partial charge is 0.208 e. The van der Waals surface area contributed by atoms with Crippen LogP contribution in [0.1, 0.15) is 55.9 Å². The third-order valence-electron chi connectivity index (χ3n) is 6.25. The van der Waals surface area contributed by atoms with Gasteiger partial charge in [0.25, 0.3) is 0 Å². The normalized spacial score (nSPS) is 37.6. The lowest BCUT2D eigenvalue weighted by atomic mass is 9.49. The summed E-state index contributed by atoms with van der Waals surface area (Å²) in [5, 5.41) is 0. The van der Waals surface area contributed by atoms with Crippen molar-refractivity contribution in [1.29, 1.82) is 0 Å². The molecule has 3 heteroatoms. The largest absolute Gasteiger partial charge is 0.444 e. The highest BCUT2D eigenvalue weighted by molar-refractivity contribution is 5.06. The molecule has 4 bridgehead atoms. The quantitative estimate of drug-likeness (QED) is 0.840. The zero-order chi connectivity index (χ0) is 14.6. The lowest BCUT2D eigenvalue weighted by Gasteiger charge is -2.57. The molecule has 5 rings (SSSR count). The molecular formula is C18H28N2O. The van der Waals surface area contributed by atoms with Crippen molar-refractivity contribution >= 4 is 0 Å². The van der Waals surface area contributed by atoms with Gasteiger partial charge in [-0.15, -0.1) is 0 Å². The standard InChI is InChI=1S/C18H28N2O/c1-12-13(2)21-17(19-12)10-20(3)11-18-7-14-4-15(8-18)6-16(5-14)9-18/h14-16H,4-11H2,1-3H3. The van der Waals surface area contributed by atoms with E-state index in [9.17, 15) is 0 Å². The van der Waals surface area contributed by atoms with Crippen molar-refractivity contribution in [2.45, 2.75) is 58.9 Å². The lowest BCUT2D eigenvalue weighted by Crippen LogP contribution is -2.50. The van der Waals surface area contributed by atoms with Gasteiger partial charge >= 0.3 is 0 Å². The van der Waals surface area contributed by atoms with Gasteiger partial charge in [-0.3, -0.25) is 4.90 Å². The van der Waals surface area contributed by atoms with Crippen molar-refractivity contribution < 1.29 is 4.42 Å². The molecule has 0 spiro atoms. The molecule has 21 heavy (non-hydrogen) atoms. The van der Waals surface area contributed by atoms with Crippen LogP contribution in [-0.4, -0.2) is 23.5 Å². The summed E-state index contributed by atoms with van der Waals surface area (Å²) in [5.41, 5.74) is 1.65. The summed E-state index contributed by atoms with van der Waals surface area (Å²) in [5.74, 6) is 4.97. The average Bonchev–Trinajstić information content (AvgIpc) is 2.64.